The summed E-state index contributed by atoms with van der Waals surface area (Å²) in [7, 11) is -3.54. The highest BCUT2D eigenvalue weighted by Gasteiger charge is 2.17. The van der Waals surface area contributed by atoms with E-state index in [4.69, 9.17) is 16.3 Å². The fraction of sp³-hybridized carbons (Fsp3) is 0.571. The van der Waals surface area contributed by atoms with Crippen molar-refractivity contribution in [1.82, 2.24) is 9.62 Å². The zero-order valence-electron chi connectivity index (χ0n) is 12.1. The first kappa shape index (κ1) is 16.7. The Morgan fingerprint density at radius 3 is 2.71 bits per heavy atom. The number of hydrogen-bond acceptors (Lipinski definition) is 4. The van der Waals surface area contributed by atoms with Crippen LogP contribution in [0, 0.1) is 6.92 Å². The lowest BCUT2D eigenvalue weighted by atomic mass is 10.2. The van der Waals surface area contributed by atoms with Crippen LogP contribution in [0.15, 0.2) is 23.1 Å². The van der Waals surface area contributed by atoms with Crippen molar-refractivity contribution in [1.29, 1.82) is 0 Å². The van der Waals surface area contributed by atoms with Crippen LogP contribution in [0.5, 0.6) is 0 Å². The maximum absolute atomic E-state index is 12.2. The summed E-state index contributed by atoms with van der Waals surface area (Å²) in [4.78, 5) is 2.41. The van der Waals surface area contributed by atoms with Crippen molar-refractivity contribution >= 4 is 21.6 Å². The quantitative estimate of drug-likeness (QED) is 0.805. The van der Waals surface area contributed by atoms with Gasteiger partial charge in [-0.2, -0.15) is 0 Å². The minimum atomic E-state index is -3.54. The Balaban J connectivity index is 1.83. The summed E-state index contributed by atoms with van der Waals surface area (Å²) >= 11 is 6.01. The van der Waals surface area contributed by atoms with E-state index in [1.165, 1.54) is 0 Å². The Hall–Kier alpha value is -0.660. The summed E-state index contributed by atoms with van der Waals surface area (Å²) in [6.07, 6.45) is 0.767. The normalized spacial score (nSPS) is 17.0. The number of benzene rings is 1. The van der Waals surface area contributed by atoms with Gasteiger partial charge in [0.2, 0.25) is 10.0 Å². The second kappa shape index (κ2) is 7.56. The maximum Gasteiger partial charge on any atom is 0.242 e. The topological polar surface area (TPSA) is 58.6 Å². The molecule has 1 aromatic carbocycles. The molecule has 0 atom stereocenters. The number of halogens is 1. The average molecular weight is 333 g/mol. The predicted octanol–water partition coefficient (Wildman–Crippen LogP) is 1.65. The molecule has 1 aromatic rings. The number of morpholine rings is 1. The molecule has 1 heterocycles. The number of ether oxygens (including phenoxy) is 1. The van der Waals surface area contributed by atoms with E-state index >= 15 is 0 Å². The van der Waals surface area contributed by atoms with Crippen LogP contribution in [-0.2, 0) is 14.8 Å². The van der Waals surface area contributed by atoms with Crippen molar-refractivity contribution in [3.63, 3.8) is 0 Å². The Morgan fingerprint density at radius 2 is 2.05 bits per heavy atom. The van der Waals surface area contributed by atoms with Gasteiger partial charge in [-0.1, -0.05) is 17.7 Å². The van der Waals surface area contributed by atoms with Crippen molar-refractivity contribution in [2.75, 3.05) is 39.4 Å². The van der Waals surface area contributed by atoms with E-state index < -0.39 is 10.0 Å². The summed E-state index contributed by atoms with van der Waals surface area (Å²) in [5, 5.41) is 0.260. The van der Waals surface area contributed by atoms with Crippen molar-refractivity contribution in [3.8, 4) is 0 Å². The van der Waals surface area contributed by atoms with Gasteiger partial charge in [-0.15, -0.1) is 0 Å². The van der Waals surface area contributed by atoms with Gasteiger partial charge in [0.1, 0.15) is 4.90 Å². The molecule has 118 valence electrons. The molecule has 0 aliphatic carbocycles. The molecule has 1 fully saturated rings. The Morgan fingerprint density at radius 1 is 1.33 bits per heavy atom. The van der Waals surface area contributed by atoms with Crippen LogP contribution >= 0.6 is 11.6 Å². The zero-order valence-corrected chi connectivity index (χ0v) is 13.7. The molecule has 5 nitrogen and oxygen atoms in total. The van der Waals surface area contributed by atoms with E-state index in [9.17, 15) is 8.42 Å². The first-order chi connectivity index (χ1) is 9.99. The van der Waals surface area contributed by atoms with Crippen LogP contribution in [-0.4, -0.2) is 52.7 Å². The third kappa shape index (κ3) is 4.93. The van der Waals surface area contributed by atoms with E-state index in [-0.39, 0.29) is 9.92 Å². The number of nitrogens with zero attached hydrogens (tertiary/aromatic N) is 1. The second-order valence-electron chi connectivity index (χ2n) is 5.14. The van der Waals surface area contributed by atoms with Crippen molar-refractivity contribution < 1.29 is 13.2 Å². The van der Waals surface area contributed by atoms with Gasteiger partial charge in [-0.05, 0) is 37.6 Å². The predicted molar refractivity (Wildman–Crippen MR) is 83.3 cm³/mol. The first-order valence-corrected chi connectivity index (χ1v) is 8.91. The van der Waals surface area contributed by atoms with Gasteiger partial charge in [0.25, 0.3) is 0 Å². The van der Waals surface area contributed by atoms with Gasteiger partial charge in [0.15, 0.2) is 0 Å². The zero-order chi connectivity index (χ0) is 15.3. The Bertz CT molecular complexity index is 572. The van der Waals surface area contributed by atoms with Crippen LogP contribution in [0.4, 0.5) is 0 Å². The van der Waals surface area contributed by atoms with E-state index in [0.717, 1.165) is 44.8 Å². The van der Waals surface area contributed by atoms with Crippen molar-refractivity contribution in [2.24, 2.45) is 0 Å². The van der Waals surface area contributed by atoms with Crippen LogP contribution in [0.25, 0.3) is 0 Å². The molecule has 0 bridgehead atoms. The molecule has 0 aromatic heterocycles. The number of rotatable bonds is 6. The van der Waals surface area contributed by atoms with Crippen LogP contribution in [0.1, 0.15) is 12.0 Å². The molecule has 1 N–H and O–H groups in total. The molecular formula is C14H21ClN2O3S. The van der Waals surface area contributed by atoms with Gasteiger partial charge >= 0.3 is 0 Å². The maximum atomic E-state index is 12.2. The summed E-state index contributed by atoms with van der Waals surface area (Å²) in [5.74, 6) is 0. The van der Waals surface area contributed by atoms with E-state index in [1.54, 1.807) is 18.2 Å². The average Bonchev–Trinajstić information content (AvgIpc) is 2.44. The molecule has 0 saturated carbocycles. The molecule has 0 radical (unpaired) electrons. The third-order valence-electron chi connectivity index (χ3n) is 3.42. The number of nitrogens with one attached hydrogen (secondary N) is 1. The number of sulfonamides is 1. The molecule has 2 rings (SSSR count). The molecule has 0 unspecified atom stereocenters. The molecule has 1 aliphatic heterocycles. The largest absolute Gasteiger partial charge is 0.379 e. The molecular weight excluding hydrogens is 312 g/mol. The summed E-state index contributed by atoms with van der Waals surface area (Å²) in [5.41, 5.74) is 0.936. The minimum absolute atomic E-state index is 0.140. The standard InChI is InChI=1S/C14H21ClN2O3S/c1-12-3-4-14(13(15)11-12)21(18,19)16-5-2-6-17-7-9-20-10-8-17/h3-4,11,16H,2,5-10H2,1H3. The molecule has 21 heavy (non-hydrogen) atoms. The summed E-state index contributed by atoms with van der Waals surface area (Å²) in [6, 6.07) is 4.94. The first-order valence-electron chi connectivity index (χ1n) is 7.05. The Kier molecular flexibility index (Phi) is 6.01. The lowest BCUT2D eigenvalue weighted by molar-refractivity contribution is 0.0376. The second-order valence-corrected chi connectivity index (χ2v) is 7.28. The minimum Gasteiger partial charge on any atom is -0.379 e. The monoisotopic (exact) mass is 332 g/mol. The van der Waals surface area contributed by atoms with Crippen LogP contribution in [0.2, 0.25) is 5.02 Å². The van der Waals surface area contributed by atoms with E-state index in [1.807, 2.05) is 6.92 Å². The Labute approximate surface area is 131 Å². The van der Waals surface area contributed by atoms with Gasteiger partial charge in [-0.25, -0.2) is 13.1 Å². The van der Waals surface area contributed by atoms with Crippen molar-refractivity contribution in [2.45, 2.75) is 18.2 Å². The third-order valence-corrected chi connectivity index (χ3v) is 5.37. The van der Waals surface area contributed by atoms with Crippen LogP contribution in [0.3, 0.4) is 0 Å². The van der Waals surface area contributed by atoms with E-state index in [0.29, 0.717) is 6.54 Å². The lowest BCUT2D eigenvalue weighted by Gasteiger charge is -2.26. The molecule has 1 saturated heterocycles. The van der Waals surface area contributed by atoms with E-state index in [2.05, 4.69) is 9.62 Å². The summed E-state index contributed by atoms with van der Waals surface area (Å²) < 4.78 is 32.3. The highest BCUT2D eigenvalue weighted by Crippen LogP contribution is 2.22. The van der Waals surface area contributed by atoms with Gasteiger partial charge in [0.05, 0.1) is 18.2 Å². The number of hydrogen-bond donors (Lipinski definition) is 1. The highest BCUT2D eigenvalue weighted by molar-refractivity contribution is 7.89. The van der Waals surface area contributed by atoms with Crippen LogP contribution < -0.4 is 4.72 Å². The SMILES string of the molecule is Cc1ccc(S(=O)(=O)NCCCN2CCOCC2)c(Cl)c1. The molecule has 0 amide bonds. The molecule has 1 aliphatic rings. The number of aryl methyl sites for hydroxylation is 1. The summed E-state index contributed by atoms with van der Waals surface area (Å²) in [6.45, 7) is 6.48. The fourth-order valence-electron chi connectivity index (χ4n) is 2.24. The van der Waals surface area contributed by atoms with Gasteiger partial charge in [0, 0.05) is 19.6 Å². The highest BCUT2D eigenvalue weighted by atomic mass is 35.5. The molecule has 0 spiro atoms. The fourth-order valence-corrected chi connectivity index (χ4v) is 3.91. The molecule has 7 heteroatoms. The van der Waals surface area contributed by atoms with Gasteiger partial charge < -0.3 is 4.74 Å². The lowest BCUT2D eigenvalue weighted by Crippen LogP contribution is -2.38. The van der Waals surface area contributed by atoms with Crippen molar-refractivity contribution in [3.05, 3.63) is 28.8 Å². The smallest absolute Gasteiger partial charge is 0.242 e. The van der Waals surface area contributed by atoms with Gasteiger partial charge in [-0.3, -0.25) is 4.90 Å².